The summed E-state index contributed by atoms with van der Waals surface area (Å²) in [6, 6.07) is 5.27. The van der Waals surface area contributed by atoms with Gasteiger partial charge in [-0.05, 0) is 18.2 Å². The number of nitrogens with one attached hydrogen (secondary N) is 2. The Morgan fingerprint density at radius 1 is 1.17 bits per heavy atom. The summed E-state index contributed by atoms with van der Waals surface area (Å²) >= 11 is 12.3. The maximum Gasteiger partial charge on any atom is 0.223 e. The second kappa shape index (κ2) is 6.95. The molecule has 0 atom stereocenters. The number of hydrogen-bond donors (Lipinski definition) is 3. The fourth-order valence-electron chi connectivity index (χ4n) is 2.12. The van der Waals surface area contributed by atoms with Crippen LogP contribution in [0.25, 0.3) is 22.6 Å². The van der Waals surface area contributed by atoms with Crippen molar-refractivity contribution in [1.29, 1.82) is 0 Å². The molecule has 0 saturated heterocycles. The molecular weight excluding hydrogens is 335 g/mol. The highest BCUT2D eigenvalue weighted by Crippen LogP contribution is 2.34. The van der Waals surface area contributed by atoms with Crippen molar-refractivity contribution in [2.45, 2.75) is 0 Å². The van der Waals surface area contributed by atoms with Gasteiger partial charge in [-0.15, -0.1) is 0 Å². The van der Waals surface area contributed by atoms with Crippen molar-refractivity contribution in [2.75, 3.05) is 18.4 Å². The van der Waals surface area contributed by atoms with Crippen LogP contribution in [0.5, 0.6) is 0 Å². The van der Waals surface area contributed by atoms with Crippen LogP contribution < -0.4 is 11.1 Å². The average Bonchev–Trinajstić information content (AvgIpc) is 3.07. The molecule has 118 valence electrons. The van der Waals surface area contributed by atoms with Gasteiger partial charge in [-0.2, -0.15) is 0 Å². The molecule has 0 aliphatic rings. The van der Waals surface area contributed by atoms with E-state index in [1.165, 1.54) is 0 Å². The topological polar surface area (TPSA) is 92.5 Å². The fourth-order valence-corrected chi connectivity index (χ4v) is 2.62. The predicted molar refractivity (Wildman–Crippen MR) is 92.6 cm³/mol. The number of H-pyrrole nitrogens is 1. The molecule has 0 fully saturated rings. The van der Waals surface area contributed by atoms with Crippen molar-refractivity contribution >= 4 is 29.2 Å². The minimum atomic E-state index is 0.478. The summed E-state index contributed by atoms with van der Waals surface area (Å²) in [7, 11) is 0. The van der Waals surface area contributed by atoms with E-state index in [1.807, 2.05) is 6.07 Å². The Labute approximate surface area is 143 Å². The molecule has 0 bridgehead atoms. The Bertz CT molecular complexity index is 804. The monoisotopic (exact) mass is 348 g/mol. The largest absolute Gasteiger partial charge is 0.353 e. The maximum atomic E-state index is 6.34. The number of anilines is 1. The lowest BCUT2D eigenvalue weighted by molar-refractivity contribution is 0.990. The number of aromatic amines is 1. The summed E-state index contributed by atoms with van der Waals surface area (Å²) in [6.07, 6.45) is 5.11. The van der Waals surface area contributed by atoms with E-state index < -0.39 is 0 Å². The quantitative estimate of drug-likeness (QED) is 0.658. The Kier molecular flexibility index (Phi) is 4.76. The number of nitrogens with two attached hydrogens (primary N) is 1. The minimum Gasteiger partial charge on any atom is -0.353 e. The van der Waals surface area contributed by atoms with Gasteiger partial charge < -0.3 is 16.0 Å². The summed E-state index contributed by atoms with van der Waals surface area (Å²) in [5.74, 6) is 1.14. The zero-order valence-corrected chi connectivity index (χ0v) is 13.6. The highest BCUT2D eigenvalue weighted by molar-refractivity contribution is 6.36. The summed E-state index contributed by atoms with van der Waals surface area (Å²) in [4.78, 5) is 16.2. The first-order chi connectivity index (χ1) is 11.2. The Morgan fingerprint density at radius 3 is 2.74 bits per heavy atom. The van der Waals surface area contributed by atoms with Crippen LogP contribution in [-0.2, 0) is 0 Å². The zero-order valence-electron chi connectivity index (χ0n) is 12.1. The second-order valence-electron chi connectivity index (χ2n) is 4.73. The summed E-state index contributed by atoms with van der Waals surface area (Å²) in [5.41, 5.74) is 7.67. The van der Waals surface area contributed by atoms with E-state index in [0.29, 0.717) is 40.6 Å². The van der Waals surface area contributed by atoms with Gasteiger partial charge in [0.1, 0.15) is 5.82 Å². The van der Waals surface area contributed by atoms with Crippen molar-refractivity contribution in [3.8, 4) is 22.6 Å². The molecule has 0 aliphatic heterocycles. The van der Waals surface area contributed by atoms with Gasteiger partial charge in [0.25, 0.3) is 0 Å². The molecule has 0 amide bonds. The minimum absolute atomic E-state index is 0.478. The number of hydrogen-bond acceptors (Lipinski definition) is 5. The van der Waals surface area contributed by atoms with Crippen molar-refractivity contribution in [2.24, 2.45) is 5.73 Å². The normalized spacial score (nSPS) is 10.7. The first-order valence-electron chi connectivity index (χ1n) is 6.95. The van der Waals surface area contributed by atoms with E-state index >= 15 is 0 Å². The highest BCUT2D eigenvalue weighted by atomic mass is 35.5. The van der Waals surface area contributed by atoms with Crippen LogP contribution in [0.1, 0.15) is 0 Å². The molecular formula is C15H14Cl2N6. The second-order valence-corrected chi connectivity index (χ2v) is 5.58. The maximum absolute atomic E-state index is 6.34. The molecule has 3 aromatic rings. The fraction of sp³-hybridized carbons (Fsp3) is 0.133. The van der Waals surface area contributed by atoms with Crippen LogP contribution in [0.4, 0.5) is 5.95 Å². The third kappa shape index (κ3) is 3.44. The van der Waals surface area contributed by atoms with Crippen LogP contribution >= 0.6 is 23.2 Å². The van der Waals surface area contributed by atoms with Crippen LogP contribution in [0, 0.1) is 0 Å². The third-order valence-electron chi connectivity index (χ3n) is 3.16. The van der Waals surface area contributed by atoms with E-state index in [-0.39, 0.29) is 0 Å². The molecule has 0 aliphatic carbocycles. The van der Waals surface area contributed by atoms with Crippen molar-refractivity contribution in [3.05, 3.63) is 46.8 Å². The van der Waals surface area contributed by atoms with Crippen LogP contribution in [-0.4, -0.2) is 33.0 Å². The van der Waals surface area contributed by atoms with E-state index in [0.717, 1.165) is 11.1 Å². The standard InChI is InChI=1S/C15H14Cl2N6/c16-9-1-2-10(12(17)7-9)13-11(14-19-5-6-20-14)8-22-15(23-13)21-4-3-18/h1-2,5-8H,3-4,18H2,(H,19,20)(H,21,22,23). The molecule has 6 nitrogen and oxygen atoms in total. The molecule has 0 unspecified atom stereocenters. The number of nitrogens with zero attached hydrogens (tertiary/aromatic N) is 3. The predicted octanol–water partition coefficient (Wildman–Crippen LogP) is 3.21. The average molecular weight is 349 g/mol. The molecule has 3 rings (SSSR count). The SMILES string of the molecule is NCCNc1ncc(-c2ncc[nH]2)c(-c2ccc(Cl)cc2Cl)n1. The van der Waals surface area contributed by atoms with Gasteiger partial charge in [-0.3, -0.25) is 0 Å². The number of aromatic nitrogens is 4. The third-order valence-corrected chi connectivity index (χ3v) is 3.70. The molecule has 0 radical (unpaired) electrons. The van der Waals surface area contributed by atoms with Gasteiger partial charge in [0.2, 0.25) is 5.95 Å². The molecule has 2 heterocycles. The number of imidazole rings is 1. The van der Waals surface area contributed by atoms with Gasteiger partial charge >= 0.3 is 0 Å². The highest BCUT2D eigenvalue weighted by Gasteiger charge is 2.16. The van der Waals surface area contributed by atoms with E-state index in [9.17, 15) is 0 Å². The lowest BCUT2D eigenvalue weighted by Crippen LogP contribution is -2.15. The van der Waals surface area contributed by atoms with Crippen LogP contribution in [0.15, 0.2) is 36.8 Å². The molecule has 8 heteroatoms. The van der Waals surface area contributed by atoms with Gasteiger partial charge in [-0.1, -0.05) is 23.2 Å². The zero-order chi connectivity index (χ0) is 16.2. The van der Waals surface area contributed by atoms with Crippen LogP contribution in [0.3, 0.4) is 0 Å². The number of rotatable bonds is 5. The van der Waals surface area contributed by atoms with E-state index in [1.54, 1.807) is 30.7 Å². The smallest absolute Gasteiger partial charge is 0.223 e. The van der Waals surface area contributed by atoms with Gasteiger partial charge in [0, 0.05) is 42.3 Å². The van der Waals surface area contributed by atoms with Crippen molar-refractivity contribution < 1.29 is 0 Å². The lowest BCUT2D eigenvalue weighted by atomic mass is 10.1. The van der Waals surface area contributed by atoms with Crippen molar-refractivity contribution in [3.63, 3.8) is 0 Å². The summed E-state index contributed by atoms with van der Waals surface area (Å²) in [5, 5.41) is 4.13. The Balaban J connectivity index is 2.14. The summed E-state index contributed by atoms with van der Waals surface area (Å²) < 4.78 is 0. The molecule has 0 spiro atoms. The number of benzene rings is 1. The summed E-state index contributed by atoms with van der Waals surface area (Å²) in [6.45, 7) is 1.06. The molecule has 1 aromatic carbocycles. The Morgan fingerprint density at radius 2 is 2.04 bits per heavy atom. The molecule has 23 heavy (non-hydrogen) atoms. The van der Waals surface area contributed by atoms with Crippen molar-refractivity contribution in [1.82, 2.24) is 19.9 Å². The first kappa shape index (κ1) is 15.7. The lowest BCUT2D eigenvalue weighted by Gasteiger charge is -2.11. The molecule has 2 aromatic heterocycles. The van der Waals surface area contributed by atoms with Gasteiger partial charge in [-0.25, -0.2) is 15.0 Å². The Hall–Kier alpha value is -2.15. The van der Waals surface area contributed by atoms with Gasteiger partial charge in [0.05, 0.1) is 16.3 Å². The van der Waals surface area contributed by atoms with E-state index in [2.05, 4.69) is 25.3 Å². The van der Waals surface area contributed by atoms with E-state index in [4.69, 9.17) is 28.9 Å². The molecule has 0 saturated carbocycles. The molecule has 4 N–H and O–H groups in total. The van der Waals surface area contributed by atoms with Gasteiger partial charge in [0.15, 0.2) is 0 Å². The first-order valence-corrected chi connectivity index (χ1v) is 7.71. The number of halogens is 2. The van der Waals surface area contributed by atoms with Crippen LogP contribution in [0.2, 0.25) is 10.0 Å².